The Morgan fingerprint density at radius 3 is 2.75 bits per heavy atom. The Balaban J connectivity index is 1.51. The van der Waals surface area contributed by atoms with E-state index in [9.17, 15) is 9.90 Å². The summed E-state index contributed by atoms with van der Waals surface area (Å²) in [5.41, 5.74) is 8.62. The number of hydrogen-bond acceptors (Lipinski definition) is 4. The molecule has 4 N–H and O–H groups in total. The van der Waals surface area contributed by atoms with Crippen LogP contribution in [0, 0.1) is 5.92 Å². The first-order valence-corrected chi connectivity index (χ1v) is 8.21. The third-order valence-electron chi connectivity index (χ3n) is 5.07. The Morgan fingerprint density at radius 1 is 1.17 bits per heavy atom. The van der Waals surface area contributed by atoms with E-state index in [-0.39, 0.29) is 29.8 Å². The zero-order valence-corrected chi connectivity index (χ0v) is 13.2. The predicted molar refractivity (Wildman–Crippen MR) is 90.6 cm³/mol. The normalized spacial score (nSPS) is 28.0. The molecule has 0 aromatic heterocycles. The van der Waals surface area contributed by atoms with Gasteiger partial charge >= 0.3 is 0 Å². The lowest BCUT2D eigenvalue weighted by molar-refractivity contribution is -0.0161. The first-order chi connectivity index (χ1) is 11.6. The summed E-state index contributed by atoms with van der Waals surface area (Å²) >= 11 is 0. The molecule has 1 heterocycles. The van der Waals surface area contributed by atoms with Crippen LogP contribution in [0.15, 0.2) is 48.5 Å². The molecule has 1 aliphatic carbocycles. The minimum Gasteiger partial charge on any atom is -0.508 e. The van der Waals surface area contributed by atoms with Crippen LogP contribution in [0.3, 0.4) is 0 Å². The molecule has 5 nitrogen and oxygen atoms in total. The van der Waals surface area contributed by atoms with Crippen molar-refractivity contribution in [2.24, 2.45) is 11.7 Å². The molecule has 1 saturated carbocycles. The van der Waals surface area contributed by atoms with Gasteiger partial charge in [-0.2, -0.15) is 0 Å². The number of nitrogens with two attached hydrogens (primary N) is 1. The van der Waals surface area contributed by atoms with Gasteiger partial charge in [0.25, 0.3) is 5.91 Å². The molecular weight excluding hydrogens is 304 g/mol. The van der Waals surface area contributed by atoms with Crippen molar-refractivity contribution in [2.45, 2.75) is 24.6 Å². The zero-order chi connectivity index (χ0) is 16.7. The highest BCUT2D eigenvalue weighted by Crippen LogP contribution is 2.37. The summed E-state index contributed by atoms with van der Waals surface area (Å²) in [5.74, 6) is 0.460. The quantitative estimate of drug-likeness (QED) is 0.805. The second-order valence-corrected chi connectivity index (χ2v) is 6.49. The molecule has 0 unspecified atom stereocenters. The van der Waals surface area contributed by atoms with Gasteiger partial charge in [-0.25, -0.2) is 0 Å². The number of carbonyl (C=O) groups excluding carboxylic acids is 1. The summed E-state index contributed by atoms with van der Waals surface area (Å²) < 4.78 is 5.66. The van der Waals surface area contributed by atoms with E-state index in [0.717, 1.165) is 24.2 Å². The molecule has 5 heteroatoms. The number of ether oxygens (including phenoxy) is 1. The lowest BCUT2D eigenvalue weighted by Crippen LogP contribution is -2.68. The molecule has 2 aliphatic rings. The van der Waals surface area contributed by atoms with E-state index in [1.165, 1.54) is 0 Å². The van der Waals surface area contributed by atoms with Crippen molar-refractivity contribution < 1.29 is 14.6 Å². The molecule has 4 atom stereocenters. The molecule has 2 aromatic carbocycles. The number of carbonyl (C=O) groups is 1. The van der Waals surface area contributed by atoms with Crippen LogP contribution in [0.4, 0.5) is 0 Å². The highest BCUT2D eigenvalue weighted by atomic mass is 16.5. The number of aromatic hydroxyl groups is 1. The number of rotatable bonds is 3. The summed E-state index contributed by atoms with van der Waals surface area (Å²) in [6.07, 6.45) is 1.04. The highest BCUT2D eigenvalue weighted by Gasteiger charge is 2.52. The van der Waals surface area contributed by atoms with E-state index in [4.69, 9.17) is 10.5 Å². The van der Waals surface area contributed by atoms with Crippen molar-refractivity contribution in [1.82, 2.24) is 5.32 Å². The van der Waals surface area contributed by atoms with Crippen molar-refractivity contribution in [3.05, 3.63) is 54.1 Å². The summed E-state index contributed by atoms with van der Waals surface area (Å²) in [6.45, 7) is 0.728. The lowest BCUT2D eigenvalue weighted by Gasteiger charge is -2.45. The molecule has 0 radical (unpaired) electrons. The van der Waals surface area contributed by atoms with E-state index < -0.39 is 0 Å². The Labute approximate surface area is 140 Å². The fraction of sp³-hybridized carbons (Fsp3) is 0.316. The van der Waals surface area contributed by atoms with Crippen LogP contribution in [0.5, 0.6) is 5.75 Å². The summed E-state index contributed by atoms with van der Waals surface area (Å²) in [5, 5.41) is 12.4. The smallest absolute Gasteiger partial charge is 0.251 e. The third kappa shape index (κ3) is 2.56. The molecule has 1 amide bonds. The minimum absolute atomic E-state index is 0.0262. The molecule has 24 heavy (non-hydrogen) atoms. The maximum atomic E-state index is 12.6. The molecule has 0 spiro atoms. The first kappa shape index (κ1) is 15.2. The molecule has 124 valence electrons. The number of fused-ring (bicyclic) bond motifs is 1. The van der Waals surface area contributed by atoms with Gasteiger partial charge in [0.05, 0.1) is 12.1 Å². The van der Waals surface area contributed by atoms with Gasteiger partial charge in [0, 0.05) is 24.1 Å². The van der Waals surface area contributed by atoms with Crippen LogP contribution in [-0.4, -0.2) is 35.8 Å². The molecule has 1 aliphatic heterocycles. The Morgan fingerprint density at radius 2 is 1.96 bits per heavy atom. The average Bonchev–Trinajstić information content (AvgIpc) is 3.05. The van der Waals surface area contributed by atoms with Gasteiger partial charge in [-0.05, 0) is 41.8 Å². The summed E-state index contributed by atoms with van der Waals surface area (Å²) in [4.78, 5) is 12.6. The number of amides is 1. The molecule has 4 rings (SSSR count). The predicted octanol–water partition coefficient (Wildman–Crippen LogP) is 1.90. The molecular formula is C19H20N2O3. The fourth-order valence-electron chi connectivity index (χ4n) is 3.66. The van der Waals surface area contributed by atoms with Crippen molar-refractivity contribution in [3.63, 3.8) is 0 Å². The van der Waals surface area contributed by atoms with Crippen molar-refractivity contribution in [3.8, 4) is 16.9 Å². The second-order valence-electron chi connectivity index (χ2n) is 6.49. The van der Waals surface area contributed by atoms with E-state index >= 15 is 0 Å². The van der Waals surface area contributed by atoms with Crippen molar-refractivity contribution >= 4 is 5.91 Å². The van der Waals surface area contributed by atoms with Gasteiger partial charge < -0.3 is 20.9 Å². The van der Waals surface area contributed by atoms with Gasteiger partial charge in [-0.1, -0.05) is 24.3 Å². The maximum absolute atomic E-state index is 12.6. The Hall–Kier alpha value is -2.37. The van der Waals surface area contributed by atoms with Gasteiger partial charge in [0.15, 0.2) is 0 Å². The molecule has 0 bridgehead atoms. The van der Waals surface area contributed by atoms with E-state index in [1.807, 2.05) is 30.3 Å². The number of nitrogens with one attached hydrogen (secondary N) is 1. The topological polar surface area (TPSA) is 84.6 Å². The van der Waals surface area contributed by atoms with Crippen LogP contribution < -0.4 is 11.1 Å². The number of phenols is 1. The number of benzene rings is 2. The van der Waals surface area contributed by atoms with Gasteiger partial charge in [0.1, 0.15) is 5.75 Å². The molecule has 2 fully saturated rings. The minimum atomic E-state index is -0.134. The Kier molecular flexibility index (Phi) is 3.75. The SMILES string of the molecule is N[C@H]1[C@H]2CCO[C@H]2[C@@H]1NC(=O)c1cccc(-c2ccc(O)cc2)c1. The van der Waals surface area contributed by atoms with Gasteiger partial charge in [-0.15, -0.1) is 0 Å². The van der Waals surface area contributed by atoms with E-state index in [0.29, 0.717) is 11.5 Å². The van der Waals surface area contributed by atoms with Gasteiger partial charge in [0.2, 0.25) is 0 Å². The Bertz CT molecular complexity index is 759. The standard InChI is InChI=1S/C19H20N2O3/c20-16-15-8-9-24-18(15)17(16)21-19(23)13-3-1-2-12(10-13)11-4-6-14(22)7-5-11/h1-7,10,15-18,22H,8-9,20H2,(H,21,23)/t15-,16+,17-,18-/m1/s1. The largest absolute Gasteiger partial charge is 0.508 e. The van der Waals surface area contributed by atoms with Crippen LogP contribution in [-0.2, 0) is 4.74 Å². The first-order valence-electron chi connectivity index (χ1n) is 8.21. The lowest BCUT2D eigenvalue weighted by atomic mass is 9.72. The molecule has 1 saturated heterocycles. The summed E-state index contributed by atoms with van der Waals surface area (Å²) in [6, 6.07) is 14.2. The fourth-order valence-corrected chi connectivity index (χ4v) is 3.66. The maximum Gasteiger partial charge on any atom is 0.251 e. The van der Waals surface area contributed by atoms with Crippen molar-refractivity contribution in [2.75, 3.05) is 6.61 Å². The van der Waals surface area contributed by atoms with Crippen LogP contribution >= 0.6 is 0 Å². The van der Waals surface area contributed by atoms with Crippen molar-refractivity contribution in [1.29, 1.82) is 0 Å². The van der Waals surface area contributed by atoms with Gasteiger partial charge in [-0.3, -0.25) is 4.79 Å². The highest BCUT2D eigenvalue weighted by molar-refractivity contribution is 5.95. The van der Waals surface area contributed by atoms with Crippen LogP contribution in [0.1, 0.15) is 16.8 Å². The zero-order valence-electron chi connectivity index (χ0n) is 13.2. The van der Waals surface area contributed by atoms with Crippen LogP contribution in [0.2, 0.25) is 0 Å². The monoisotopic (exact) mass is 324 g/mol. The molecule has 2 aromatic rings. The van der Waals surface area contributed by atoms with Crippen LogP contribution in [0.25, 0.3) is 11.1 Å². The second kappa shape index (κ2) is 5.92. The number of hydrogen-bond donors (Lipinski definition) is 3. The average molecular weight is 324 g/mol. The number of phenolic OH excluding ortho intramolecular Hbond substituents is 1. The van der Waals surface area contributed by atoms with E-state index in [2.05, 4.69) is 5.32 Å². The summed E-state index contributed by atoms with van der Waals surface area (Å²) in [7, 11) is 0. The third-order valence-corrected chi connectivity index (χ3v) is 5.07. The van der Waals surface area contributed by atoms with E-state index in [1.54, 1.807) is 18.2 Å².